The van der Waals surface area contributed by atoms with Gasteiger partial charge in [0.1, 0.15) is 0 Å². The molecule has 2 aliphatic rings. The molecular weight excluding hydrogens is 252 g/mol. The lowest BCUT2D eigenvalue weighted by atomic mass is 9.93. The lowest BCUT2D eigenvalue weighted by Gasteiger charge is -2.34. The standard InChI is InChI=1S/C16H24N2O2/c1-12(2)16(18-8-3-6-17-7-9-18)13-4-5-14-15(10-13)20-11-19-14/h4-5,10,12,16-17H,3,6-9,11H2,1-2H3. The van der Waals surface area contributed by atoms with Crippen LogP contribution >= 0.6 is 0 Å². The molecule has 2 heterocycles. The Morgan fingerprint density at radius 3 is 2.80 bits per heavy atom. The van der Waals surface area contributed by atoms with E-state index in [0.717, 1.165) is 37.7 Å². The summed E-state index contributed by atoms with van der Waals surface area (Å²) in [5.74, 6) is 2.34. The van der Waals surface area contributed by atoms with Crippen LogP contribution in [0.25, 0.3) is 0 Å². The number of hydrogen-bond acceptors (Lipinski definition) is 4. The smallest absolute Gasteiger partial charge is 0.231 e. The largest absolute Gasteiger partial charge is 0.454 e. The summed E-state index contributed by atoms with van der Waals surface area (Å²) < 4.78 is 10.9. The van der Waals surface area contributed by atoms with Gasteiger partial charge >= 0.3 is 0 Å². The summed E-state index contributed by atoms with van der Waals surface area (Å²) in [7, 11) is 0. The predicted octanol–water partition coefficient (Wildman–Crippen LogP) is 2.41. The van der Waals surface area contributed by atoms with E-state index in [1.165, 1.54) is 12.0 Å². The van der Waals surface area contributed by atoms with E-state index in [9.17, 15) is 0 Å². The van der Waals surface area contributed by atoms with Crippen molar-refractivity contribution in [2.75, 3.05) is 33.0 Å². The molecule has 20 heavy (non-hydrogen) atoms. The first-order chi connectivity index (χ1) is 9.75. The lowest BCUT2D eigenvalue weighted by molar-refractivity contribution is 0.164. The summed E-state index contributed by atoms with van der Waals surface area (Å²) in [5, 5.41) is 3.48. The van der Waals surface area contributed by atoms with Gasteiger partial charge in [0.15, 0.2) is 11.5 Å². The summed E-state index contributed by atoms with van der Waals surface area (Å²) in [4.78, 5) is 2.60. The van der Waals surface area contributed by atoms with Gasteiger partial charge in [0.05, 0.1) is 0 Å². The first-order valence-electron chi connectivity index (χ1n) is 7.60. The number of hydrogen-bond donors (Lipinski definition) is 1. The van der Waals surface area contributed by atoms with Crippen molar-refractivity contribution in [3.8, 4) is 11.5 Å². The molecule has 1 atom stereocenters. The average Bonchev–Trinajstić information content (AvgIpc) is 2.73. The molecule has 0 aliphatic carbocycles. The van der Waals surface area contributed by atoms with Gasteiger partial charge in [0.25, 0.3) is 0 Å². The Balaban J connectivity index is 1.85. The molecule has 0 aromatic heterocycles. The van der Waals surface area contributed by atoms with Crippen LogP contribution in [0.1, 0.15) is 31.9 Å². The van der Waals surface area contributed by atoms with Crippen LogP contribution in [0.5, 0.6) is 11.5 Å². The minimum absolute atomic E-state index is 0.346. The normalized spacial score (nSPS) is 20.9. The maximum atomic E-state index is 5.53. The molecule has 1 unspecified atom stereocenters. The minimum Gasteiger partial charge on any atom is -0.454 e. The number of rotatable bonds is 3. The third kappa shape index (κ3) is 2.76. The molecule has 0 bridgehead atoms. The van der Waals surface area contributed by atoms with E-state index < -0.39 is 0 Å². The highest BCUT2D eigenvalue weighted by molar-refractivity contribution is 5.45. The molecule has 0 saturated carbocycles. The maximum absolute atomic E-state index is 5.53. The highest BCUT2D eigenvalue weighted by Gasteiger charge is 2.26. The van der Waals surface area contributed by atoms with Crippen molar-refractivity contribution in [3.63, 3.8) is 0 Å². The van der Waals surface area contributed by atoms with Gasteiger partial charge < -0.3 is 14.8 Å². The van der Waals surface area contributed by atoms with Crippen LogP contribution in [0.4, 0.5) is 0 Å². The quantitative estimate of drug-likeness (QED) is 0.919. The van der Waals surface area contributed by atoms with E-state index in [2.05, 4.69) is 36.2 Å². The monoisotopic (exact) mass is 276 g/mol. The summed E-state index contributed by atoms with van der Waals surface area (Å²) >= 11 is 0. The van der Waals surface area contributed by atoms with Gasteiger partial charge in [0.2, 0.25) is 6.79 Å². The van der Waals surface area contributed by atoms with Crippen LogP contribution in [-0.4, -0.2) is 37.9 Å². The zero-order valence-electron chi connectivity index (χ0n) is 12.4. The van der Waals surface area contributed by atoms with Crippen molar-refractivity contribution in [3.05, 3.63) is 23.8 Å². The molecule has 1 saturated heterocycles. The fraction of sp³-hybridized carbons (Fsp3) is 0.625. The van der Waals surface area contributed by atoms with Gasteiger partial charge in [-0.15, -0.1) is 0 Å². The average molecular weight is 276 g/mol. The lowest BCUT2D eigenvalue weighted by Crippen LogP contribution is -2.35. The van der Waals surface area contributed by atoms with Crippen molar-refractivity contribution < 1.29 is 9.47 Å². The van der Waals surface area contributed by atoms with Crippen molar-refractivity contribution in [1.82, 2.24) is 10.2 Å². The van der Waals surface area contributed by atoms with E-state index in [4.69, 9.17) is 9.47 Å². The highest BCUT2D eigenvalue weighted by atomic mass is 16.7. The topological polar surface area (TPSA) is 33.7 Å². The van der Waals surface area contributed by atoms with Crippen LogP contribution in [0.15, 0.2) is 18.2 Å². The van der Waals surface area contributed by atoms with Crippen LogP contribution in [0.2, 0.25) is 0 Å². The van der Waals surface area contributed by atoms with E-state index in [1.807, 2.05) is 6.07 Å². The Morgan fingerprint density at radius 2 is 1.95 bits per heavy atom. The second kappa shape index (κ2) is 6.02. The zero-order valence-corrected chi connectivity index (χ0v) is 12.4. The van der Waals surface area contributed by atoms with Gasteiger partial charge in [-0.3, -0.25) is 4.90 Å². The Kier molecular flexibility index (Phi) is 4.13. The molecule has 110 valence electrons. The second-order valence-electron chi connectivity index (χ2n) is 5.94. The van der Waals surface area contributed by atoms with E-state index in [-0.39, 0.29) is 0 Å². The Hall–Kier alpha value is -1.26. The molecule has 1 fully saturated rings. The first-order valence-corrected chi connectivity index (χ1v) is 7.60. The highest BCUT2D eigenvalue weighted by Crippen LogP contribution is 2.37. The van der Waals surface area contributed by atoms with Gasteiger partial charge in [-0.25, -0.2) is 0 Å². The molecule has 0 radical (unpaired) electrons. The molecule has 4 heteroatoms. The first kappa shape index (κ1) is 13.7. The van der Waals surface area contributed by atoms with Gasteiger partial charge in [-0.2, -0.15) is 0 Å². The van der Waals surface area contributed by atoms with Crippen LogP contribution < -0.4 is 14.8 Å². The van der Waals surface area contributed by atoms with Crippen molar-refractivity contribution in [2.24, 2.45) is 5.92 Å². The van der Waals surface area contributed by atoms with Gasteiger partial charge in [0, 0.05) is 25.7 Å². The van der Waals surface area contributed by atoms with Gasteiger partial charge in [-0.1, -0.05) is 19.9 Å². The molecule has 0 amide bonds. The summed E-state index contributed by atoms with van der Waals surface area (Å²) in [6.45, 7) is 9.41. The van der Waals surface area contributed by atoms with Crippen LogP contribution in [0.3, 0.4) is 0 Å². The summed E-state index contributed by atoms with van der Waals surface area (Å²) in [6, 6.07) is 6.84. The maximum Gasteiger partial charge on any atom is 0.231 e. The number of ether oxygens (including phenoxy) is 2. The summed E-state index contributed by atoms with van der Waals surface area (Å²) in [6.07, 6.45) is 1.22. The van der Waals surface area contributed by atoms with Crippen LogP contribution in [0, 0.1) is 5.92 Å². The second-order valence-corrected chi connectivity index (χ2v) is 5.94. The molecule has 0 spiro atoms. The van der Waals surface area contributed by atoms with Crippen LogP contribution in [-0.2, 0) is 0 Å². The van der Waals surface area contributed by atoms with Crippen molar-refractivity contribution in [1.29, 1.82) is 0 Å². The van der Waals surface area contributed by atoms with E-state index >= 15 is 0 Å². The fourth-order valence-corrected chi connectivity index (χ4v) is 3.26. The van der Waals surface area contributed by atoms with E-state index in [0.29, 0.717) is 18.8 Å². The third-order valence-corrected chi connectivity index (χ3v) is 4.14. The minimum atomic E-state index is 0.346. The van der Waals surface area contributed by atoms with E-state index in [1.54, 1.807) is 0 Å². The molecule has 4 nitrogen and oxygen atoms in total. The SMILES string of the molecule is CC(C)C(c1ccc2c(c1)OCO2)N1CCCNCC1. The zero-order chi connectivity index (χ0) is 13.9. The van der Waals surface area contributed by atoms with Gasteiger partial charge in [-0.05, 0) is 36.6 Å². The number of benzene rings is 1. The summed E-state index contributed by atoms with van der Waals surface area (Å²) in [5.41, 5.74) is 1.34. The molecule has 3 rings (SSSR count). The Labute approximate surface area is 121 Å². The number of fused-ring (bicyclic) bond motifs is 1. The fourth-order valence-electron chi connectivity index (χ4n) is 3.26. The molecule has 1 aromatic carbocycles. The third-order valence-electron chi connectivity index (χ3n) is 4.14. The van der Waals surface area contributed by atoms with Crippen molar-refractivity contribution >= 4 is 0 Å². The molecular formula is C16H24N2O2. The molecule has 2 aliphatic heterocycles. The molecule has 1 aromatic rings. The number of nitrogens with zero attached hydrogens (tertiary/aromatic N) is 1. The van der Waals surface area contributed by atoms with Crippen molar-refractivity contribution in [2.45, 2.75) is 26.3 Å². The number of nitrogens with one attached hydrogen (secondary N) is 1. The predicted molar refractivity (Wildman–Crippen MR) is 79.2 cm³/mol. The Morgan fingerprint density at radius 1 is 1.10 bits per heavy atom. The molecule has 1 N–H and O–H groups in total. The Bertz CT molecular complexity index is 454.